The van der Waals surface area contributed by atoms with Crippen LogP contribution in [0.25, 0.3) is 10.6 Å². The number of nitro benzene ring substituents is 1. The smallest absolute Gasteiger partial charge is 0.271 e. The number of aromatic nitrogens is 2. The predicted molar refractivity (Wildman–Crippen MR) is 133 cm³/mol. The molecule has 1 amide bonds. The molecular formula is C22H16ClN5O5S2. The largest absolute Gasteiger partial charge is 0.299 e. The highest BCUT2D eigenvalue weighted by atomic mass is 35.5. The molecular weight excluding hydrogens is 514 g/mol. The maximum Gasteiger partial charge on any atom is 0.271 e. The van der Waals surface area contributed by atoms with Gasteiger partial charge in [0.25, 0.3) is 15.7 Å². The summed E-state index contributed by atoms with van der Waals surface area (Å²) in [6.07, 6.45) is 0. The van der Waals surface area contributed by atoms with Gasteiger partial charge in [-0.2, -0.15) is 0 Å². The lowest BCUT2D eigenvalue weighted by molar-refractivity contribution is -0.384. The molecule has 0 spiro atoms. The Hall–Kier alpha value is -3.87. The van der Waals surface area contributed by atoms with E-state index in [1.807, 2.05) is 0 Å². The molecule has 1 N–H and O–H groups in total. The normalized spacial score (nSPS) is 11.1. The van der Waals surface area contributed by atoms with Gasteiger partial charge < -0.3 is 0 Å². The summed E-state index contributed by atoms with van der Waals surface area (Å²) in [6.45, 7) is -0.645. The third kappa shape index (κ3) is 5.62. The third-order valence-corrected chi connectivity index (χ3v) is 7.64. The lowest BCUT2D eigenvalue weighted by Crippen LogP contribution is -2.38. The van der Waals surface area contributed by atoms with E-state index in [9.17, 15) is 23.3 Å². The predicted octanol–water partition coefficient (Wildman–Crippen LogP) is 4.60. The topological polar surface area (TPSA) is 135 Å². The zero-order valence-corrected chi connectivity index (χ0v) is 20.1. The van der Waals surface area contributed by atoms with Crippen molar-refractivity contribution in [2.24, 2.45) is 0 Å². The van der Waals surface area contributed by atoms with Crippen molar-refractivity contribution in [2.45, 2.75) is 4.90 Å². The summed E-state index contributed by atoms with van der Waals surface area (Å²) in [5.41, 5.74) is 0.405. The first-order valence-corrected chi connectivity index (χ1v) is 12.6. The van der Waals surface area contributed by atoms with Crippen molar-refractivity contribution in [3.05, 3.63) is 94.0 Å². The zero-order chi connectivity index (χ0) is 25.0. The molecule has 13 heteroatoms. The molecule has 178 valence electrons. The molecule has 3 aromatic carbocycles. The highest BCUT2D eigenvalue weighted by Crippen LogP contribution is 2.29. The number of amides is 1. The molecule has 0 fully saturated rings. The second-order valence-electron chi connectivity index (χ2n) is 7.07. The van der Waals surface area contributed by atoms with Crippen LogP contribution < -0.4 is 9.62 Å². The van der Waals surface area contributed by atoms with Crippen LogP contribution in [0.4, 0.5) is 16.5 Å². The lowest BCUT2D eigenvalue weighted by atomic mass is 10.2. The van der Waals surface area contributed by atoms with Crippen molar-refractivity contribution in [3.8, 4) is 10.6 Å². The Morgan fingerprint density at radius 2 is 1.74 bits per heavy atom. The lowest BCUT2D eigenvalue weighted by Gasteiger charge is -2.23. The number of non-ortho nitro benzene ring substituents is 1. The van der Waals surface area contributed by atoms with Gasteiger partial charge in [-0.1, -0.05) is 59.3 Å². The van der Waals surface area contributed by atoms with E-state index in [0.29, 0.717) is 10.0 Å². The molecule has 0 bridgehead atoms. The summed E-state index contributed by atoms with van der Waals surface area (Å²) in [5.74, 6) is -0.699. The van der Waals surface area contributed by atoms with Crippen LogP contribution in [0.5, 0.6) is 0 Å². The highest BCUT2D eigenvalue weighted by molar-refractivity contribution is 7.92. The van der Waals surface area contributed by atoms with Gasteiger partial charge >= 0.3 is 0 Å². The van der Waals surface area contributed by atoms with Crippen molar-refractivity contribution in [1.82, 2.24) is 10.2 Å². The SMILES string of the molecule is O=C(CN(c1cccc([N+](=O)[O-])c1)S(=O)(=O)c1ccccc1)Nc1nnc(-c2ccc(Cl)cc2)s1. The number of carbonyl (C=O) groups excluding carboxylic acids is 1. The average Bonchev–Trinajstić information content (AvgIpc) is 3.31. The molecule has 4 rings (SSSR count). The summed E-state index contributed by atoms with van der Waals surface area (Å²) in [4.78, 5) is 23.4. The molecule has 0 saturated heterocycles. The fourth-order valence-electron chi connectivity index (χ4n) is 3.07. The van der Waals surface area contributed by atoms with E-state index in [0.717, 1.165) is 27.3 Å². The second kappa shape index (κ2) is 10.2. The van der Waals surface area contributed by atoms with Crippen LogP contribution in [0.1, 0.15) is 0 Å². The number of carbonyl (C=O) groups is 1. The molecule has 0 radical (unpaired) electrons. The van der Waals surface area contributed by atoms with Gasteiger partial charge in [0.2, 0.25) is 11.0 Å². The van der Waals surface area contributed by atoms with Gasteiger partial charge in [-0.3, -0.25) is 24.5 Å². The Balaban J connectivity index is 1.61. The van der Waals surface area contributed by atoms with E-state index in [1.165, 1.54) is 42.5 Å². The minimum Gasteiger partial charge on any atom is -0.299 e. The van der Waals surface area contributed by atoms with Crippen molar-refractivity contribution >= 4 is 55.4 Å². The average molecular weight is 530 g/mol. The molecule has 0 unspecified atom stereocenters. The second-order valence-corrected chi connectivity index (χ2v) is 10.3. The number of halogens is 1. The number of anilines is 2. The monoisotopic (exact) mass is 529 g/mol. The number of hydrogen-bond acceptors (Lipinski definition) is 8. The van der Waals surface area contributed by atoms with E-state index < -0.39 is 27.4 Å². The van der Waals surface area contributed by atoms with Gasteiger partial charge in [-0.15, -0.1) is 10.2 Å². The Kier molecular flexibility index (Phi) is 7.05. The number of benzene rings is 3. The number of hydrogen-bond donors (Lipinski definition) is 1. The molecule has 0 aliphatic heterocycles. The van der Waals surface area contributed by atoms with Gasteiger partial charge in [0.1, 0.15) is 11.6 Å². The number of nitrogens with one attached hydrogen (secondary N) is 1. The fourth-order valence-corrected chi connectivity index (χ4v) is 5.39. The zero-order valence-electron chi connectivity index (χ0n) is 17.7. The molecule has 4 aromatic rings. The van der Waals surface area contributed by atoms with Crippen LogP contribution in [-0.2, 0) is 14.8 Å². The summed E-state index contributed by atoms with van der Waals surface area (Å²) in [6, 6.07) is 19.4. The maximum atomic E-state index is 13.4. The first kappa shape index (κ1) is 24.3. The Labute approximate surface area is 209 Å². The minimum atomic E-state index is -4.22. The van der Waals surface area contributed by atoms with Crippen molar-refractivity contribution in [2.75, 3.05) is 16.2 Å². The Bertz CT molecular complexity index is 1480. The molecule has 0 saturated carbocycles. The summed E-state index contributed by atoms with van der Waals surface area (Å²) in [5, 5.41) is 23.0. The van der Waals surface area contributed by atoms with E-state index in [2.05, 4.69) is 15.5 Å². The molecule has 35 heavy (non-hydrogen) atoms. The summed E-state index contributed by atoms with van der Waals surface area (Å²) in [7, 11) is -4.22. The maximum absolute atomic E-state index is 13.4. The number of nitro groups is 1. The molecule has 10 nitrogen and oxygen atoms in total. The molecule has 0 aliphatic carbocycles. The Morgan fingerprint density at radius 3 is 2.43 bits per heavy atom. The van der Waals surface area contributed by atoms with Crippen LogP contribution in [0.2, 0.25) is 5.02 Å². The molecule has 0 aliphatic rings. The van der Waals surface area contributed by atoms with Crippen LogP contribution in [-0.4, -0.2) is 36.0 Å². The van der Waals surface area contributed by atoms with Gasteiger partial charge in [0.05, 0.1) is 15.5 Å². The van der Waals surface area contributed by atoms with Crippen molar-refractivity contribution in [3.63, 3.8) is 0 Å². The van der Waals surface area contributed by atoms with Gasteiger partial charge in [0.15, 0.2) is 0 Å². The summed E-state index contributed by atoms with van der Waals surface area (Å²) < 4.78 is 27.5. The molecule has 0 atom stereocenters. The number of nitrogens with zero attached hydrogens (tertiary/aromatic N) is 4. The summed E-state index contributed by atoms with van der Waals surface area (Å²) >= 11 is 7.00. The van der Waals surface area contributed by atoms with E-state index in [-0.39, 0.29) is 21.4 Å². The minimum absolute atomic E-state index is 0.0303. The van der Waals surface area contributed by atoms with Gasteiger partial charge in [-0.25, -0.2) is 8.42 Å². The van der Waals surface area contributed by atoms with E-state index in [4.69, 9.17) is 11.6 Å². The fraction of sp³-hybridized carbons (Fsp3) is 0.0455. The Morgan fingerprint density at radius 1 is 1.03 bits per heavy atom. The van der Waals surface area contributed by atoms with E-state index in [1.54, 1.807) is 30.3 Å². The van der Waals surface area contributed by atoms with Gasteiger partial charge in [0, 0.05) is 22.7 Å². The van der Waals surface area contributed by atoms with Crippen molar-refractivity contribution < 1.29 is 18.1 Å². The van der Waals surface area contributed by atoms with Crippen LogP contribution in [0, 0.1) is 10.1 Å². The molecule has 1 heterocycles. The standard InChI is InChI=1S/C22H16ClN5O5S2/c23-16-11-9-15(10-12-16)21-25-26-22(34-21)24-20(29)14-27(17-5-4-6-18(13-17)28(30)31)35(32,33)19-7-2-1-3-8-19/h1-13H,14H2,(H,24,26,29). The van der Waals surface area contributed by atoms with Crippen molar-refractivity contribution in [1.29, 1.82) is 0 Å². The van der Waals surface area contributed by atoms with E-state index >= 15 is 0 Å². The molecule has 1 aromatic heterocycles. The van der Waals surface area contributed by atoms with Crippen LogP contribution in [0.15, 0.2) is 83.8 Å². The highest BCUT2D eigenvalue weighted by Gasteiger charge is 2.28. The quantitative estimate of drug-likeness (QED) is 0.260. The number of rotatable bonds is 8. The third-order valence-electron chi connectivity index (χ3n) is 4.71. The first-order chi connectivity index (χ1) is 16.7. The first-order valence-electron chi connectivity index (χ1n) is 9.95. The van der Waals surface area contributed by atoms with Crippen LogP contribution >= 0.6 is 22.9 Å². The van der Waals surface area contributed by atoms with Gasteiger partial charge in [-0.05, 0) is 30.3 Å². The number of sulfonamides is 1. The van der Waals surface area contributed by atoms with Crippen LogP contribution in [0.3, 0.4) is 0 Å².